The largest absolute Gasteiger partial charge is 0.390 e. The molecular weight excluding hydrogens is 112 g/mol. The van der Waals surface area contributed by atoms with Crippen LogP contribution in [0.2, 0.25) is 0 Å². The van der Waals surface area contributed by atoms with E-state index in [1.807, 2.05) is 19.2 Å². The fourth-order valence-electron chi connectivity index (χ4n) is 0.847. The fourth-order valence-corrected chi connectivity index (χ4v) is 0.847. The van der Waals surface area contributed by atoms with E-state index in [4.69, 9.17) is 5.26 Å². The van der Waals surface area contributed by atoms with Gasteiger partial charge in [0.05, 0.1) is 5.57 Å². The molecule has 1 N–H and O–H groups in total. The lowest BCUT2D eigenvalue weighted by atomic mass is 10.3. The maximum absolute atomic E-state index is 8.47. The molecule has 1 aliphatic carbocycles. The molecule has 0 saturated carbocycles. The van der Waals surface area contributed by atoms with Crippen LogP contribution in [0.25, 0.3) is 0 Å². The zero-order chi connectivity index (χ0) is 6.69. The Balaban J connectivity index is 2.83. The summed E-state index contributed by atoms with van der Waals surface area (Å²) in [5, 5.41) is 11.4. The second-order valence-electron chi connectivity index (χ2n) is 1.86. The molecule has 0 aliphatic heterocycles. The molecule has 0 aromatic heterocycles. The zero-order valence-corrected chi connectivity index (χ0v) is 5.31. The summed E-state index contributed by atoms with van der Waals surface area (Å²) in [6, 6.07) is 2.10. The first kappa shape index (κ1) is 5.90. The number of rotatable bonds is 1. The molecule has 0 fully saturated rings. The van der Waals surface area contributed by atoms with Gasteiger partial charge in [0.25, 0.3) is 0 Å². The molecule has 1 rings (SSSR count). The Morgan fingerprint density at radius 1 is 1.78 bits per heavy atom. The lowest BCUT2D eigenvalue weighted by Crippen LogP contribution is -2.04. The van der Waals surface area contributed by atoms with Crippen molar-refractivity contribution in [2.45, 2.75) is 6.42 Å². The summed E-state index contributed by atoms with van der Waals surface area (Å²) >= 11 is 0. The van der Waals surface area contributed by atoms with Gasteiger partial charge < -0.3 is 5.32 Å². The van der Waals surface area contributed by atoms with E-state index >= 15 is 0 Å². The predicted octanol–water partition coefficient (Wildman–Crippen LogP) is 0.943. The van der Waals surface area contributed by atoms with Crippen molar-refractivity contribution in [3.63, 3.8) is 0 Å². The van der Waals surface area contributed by atoms with Crippen LogP contribution in [0.1, 0.15) is 6.42 Å². The molecule has 9 heavy (non-hydrogen) atoms. The lowest BCUT2D eigenvalue weighted by molar-refractivity contribution is 0.945. The smallest absolute Gasteiger partial charge is 0.101 e. The minimum absolute atomic E-state index is 0.762. The second-order valence-corrected chi connectivity index (χ2v) is 1.86. The van der Waals surface area contributed by atoms with Gasteiger partial charge in [-0.3, -0.25) is 0 Å². The van der Waals surface area contributed by atoms with Crippen LogP contribution in [0.5, 0.6) is 0 Å². The molecule has 1 aliphatic rings. The quantitative estimate of drug-likeness (QED) is 0.559. The standard InChI is InChI=1S/C7H8N2/c1-9-7-4-2-3-6(7)5-8/h2-3,9H,4H2,1H3. The molecule has 2 heteroatoms. The van der Waals surface area contributed by atoms with Gasteiger partial charge in [-0.25, -0.2) is 0 Å². The molecule has 0 heterocycles. The molecule has 0 bridgehead atoms. The Morgan fingerprint density at radius 3 is 3.00 bits per heavy atom. The first-order chi connectivity index (χ1) is 4.38. The molecule has 0 unspecified atom stereocenters. The molecule has 0 saturated heterocycles. The van der Waals surface area contributed by atoms with Crippen molar-refractivity contribution in [1.29, 1.82) is 5.26 Å². The van der Waals surface area contributed by atoms with Crippen molar-refractivity contribution in [3.05, 3.63) is 23.4 Å². The molecule has 0 aromatic rings. The highest BCUT2D eigenvalue weighted by Crippen LogP contribution is 2.14. The third-order valence-corrected chi connectivity index (χ3v) is 1.35. The minimum Gasteiger partial charge on any atom is -0.390 e. The van der Waals surface area contributed by atoms with Crippen LogP contribution < -0.4 is 5.32 Å². The van der Waals surface area contributed by atoms with Crippen LogP contribution in [0.15, 0.2) is 23.4 Å². The molecule has 0 spiro atoms. The van der Waals surface area contributed by atoms with Crippen LogP contribution in [0.4, 0.5) is 0 Å². The Bertz CT molecular complexity index is 205. The van der Waals surface area contributed by atoms with Gasteiger partial charge in [-0.15, -0.1) is 0 Å². The third-order valence-electron chi connectivity index (χ3n) is 1.35. The Labute approximate surface area is 54.5 Å². The summed E-state index contributed by atoms with van der Waals surface area (Å²) in [6.45, 7) is 0. The summed E-state index contributed by atoms with van der Waals surface area (Å²) in [4.78, 5) is 0. The van der Waals surface area contributed by atoms with Gasteiger partial charge in [-0.1, -0.05) is 6.08 Å². The zero-order valence-electron chi connectivity index (χ0n) is 5.31. The van der Waals surface area contributed by atoms with Gasteiger partial charge in [0.2, 0.25) is 0 Å². The predicted molar refractivity (Wildman–Crippen MR) is 35.5 cm³/mol. The summed E-state index contributed by atoms with van der Waals surface area (Å²) in [6.07, 6.45) is 4.69. The third kappa shape index (κ3) is 0.945. The molecule has 0 atom stereocenters. The summed E-state index contributed by atoms with van der Waals surface area (Å²) in [5.74, 6) is 0. The van der Waals surface area contributed by atoms with Gasteiger partial charge in [0.1, 0.15) is 6.07 Å². The SMILES string of the molecule is CNC1=C(C#N)C=CC1. The van der Waals surface area contributed by atoms with Crippen molar-refractivity contribution in [1.82, 2.24) is 5.32 Å². The Morgan fingerprint density at radius 2 is 2.56 bits per heavy atom. The number of hydrogen-bond donors (Lipinski definition) is 1. The van der Waals surface area contributed by atoms with E-state index in [2.05, 4.69) is 11.4 Å². The average molecular weight is 120 g/mol. The maximum atomic E-state index is 8.47. The minimum atomic E-state index is 0.762. The van der Waals surface area contributed by atoms with Crippen LogP contribution in [-0.2, 0) is 0 Å². The Kier molecular flexibility index (Phi) is 1.55. The van der Waals surface area contributed by atoms with E-state index in [0.29, 0.717) is 0 Å². The average Bonchev–Trinajstić information content (AvgIpc) is 2.33. The molecule has 2 nitrogen and oxygen atoms in total. The van der Waals surface area contributed by atoms with Gasteiger partial charge in [0.15, 0.2) is 0 Å². The number of nitriles is 1. The van der Waals surface area contributed by atoms with Crippen molar-refractivity contribution in [2.24, 2.45) is 0 Å². The topological polar surface area (TPSA) is 35.8 Å². The molecule has 0 radical (unpaired) electrons. The van der Waals surface area contributed by atoms with E-state index in [1.165, 1.54) is 0 Å². The molecule has 0 aromatic carbocycles. The number of nitrogens with one attached hydrogen (secondary N) is 1. The van der Waals surface area contributed by atoms with Crippen LogP contribution in [0, 0.1) is 11.3 Å². The summed E-state index contributed by atoms with van der Waals surface area (Å²) < 4.78 is 0. The highest BCUT2D eigenvalue weighted by molar-refractivity contribution is 5.42. The van der Waals surface area contributed by atoms with Crippen molar-refractivity contribution in [2.75, 3.05) is 7.05 Å². The summed E-state index contributed by atoms with van der Waals surface area (Å²) in [5.41, 5.74) is 1.79. The van der Waals surface area contributed by atoms with Gasteiger partial charge in [-0.2, -0.15) is 5.26 Å². The van der Waals surface area contributed by atoms with E-state index in [1.54, 1.807) is 0 Å². The van der Waals surface area contributed by atoms with Gasteiger partial charge >= 0.3 is 0 Å². The van der Waals surface area contributed by atoms with Crippen LogP contribution in [0.3, 0.4) is 0 Å². The molecule has 0 amide bonds. The Hall–Kier alpha value is -1.23. The van der Waals surface area contributed by atoms with Crippen LogP contribution >= 0.6 is 0 Å². The van der Waals surface area contributed by atoms with Gasteiger partial charge in [0, 0.05) is 19.2 Å². The first-order valence-electron chi connectivity index (χ1n) is 2.86. The normalized spacial score (nSPS) is 16.0. The number of nitrogens with zero attached hydrogens (tertiary/aromatic N) is 1. The van der Waals surface area contributed by atoms with E-state index in [9.17, 15) is 0 Å². The first-order valence-corrected chi connectivity index (χ1v) is 2.86. The van der Waals surface area contributed by atoms with Crippen molar-refractivity contribution in [3.8, 4) is 6.07 Å². The monoisotopic (exact) mass is 120 g/mol. The van der Waals surface area contributed by atoms with E-state index in [-0.39, 0.29) is 0 Å². The van der Waals surface area contributed by atoms with Crippen LogP contribution in [-0.4, -0.2) is 7.05 Å². The lowest BCUT2D eigenvalue weighted by Gasteiger charge is -1.97. The summed E-state index contributed by atoms with van der Waals surface area (Å²) in [7, 11) is 1.83. The van der Waals surface area contributed by atoms with Gasteiger partial charge in [-0.05, 0) is 6.08 Å². The fraction of sp³-hybridized carbons (Fsp3) is 0.286. The van der Waals surface area contributed by atoms with E-state index in [0.717, 1.165) is 17.7 Å². The molecular formula is C7H8N2. The second kappa shape index (κ2) is 2.36. The highest BCUT2D eigenvalue weighted by atomic mass is 14.8. The van der Waals surface area contributed by atoms with Crippen molar-refractivity contribution >= 4 is 0 Å². The highest BCUT2D eigenvalue weighted by Gasteiger charge is 2.04. The molecule has 46 valence electrons. The van der Waals surface area contributed by atoms with Crippen molar-refractivity contribution < 1.29 is 0 Å². The number of allylic oxidation sites excluding steroid dienone is 3. The number of hydrogen-bond acceptors (Lipinski definition) is 2. The van der Waals surface area contributed by atoms with E-state index < -0.39 is 0 Å². The maximum Gasteiger partial charge on any atom is 0.101 e.